The van der Waals surface area contributed by atoms with Crippen molar-refractivity contribution in [2.45, 2.75) is 6.42 Å². The zero-order valence-electron chi connectivity index (χ0n) is 15.1. The van der Waals surface area contributed by atoms with Crippen molar-refractivity contribution in [2.75, 3.05) is 0 Å². The Morgan fingerprint density at radius 1 is 0.885 bits per heavy atom. The summed E-state index contributed by atoms with van der Waals surface area (Å²) in [6.07, 6.45) is 10.0. The maximum absolute atomic E-state index is 3.06. The molecule has 0 saturated carbocycles. The van der Waals surface area contributed by atoms with Crippen LogP contribution in [0.3, 0.4) is 0 Å². The van der Waals surface area contributed by atoms with Gasteiger partial charge >= 0.3 is 30.2 Å². The number of allylic oxidation sites excluding steroid dienone is 4. The topological polar surface area (TPSA) is 0 Å². The quantitative estimate of drug-likeness (QED) is 0.264. The maximum Gasteiger partial charge on any atom is -0.0279 e. The van der Waals surface area contributed by atoms with Gasteiger partial charge in [0.25, 0.3) is 0 Å². The third kappa shape index (κ3) is 8.73. The molecule has 0 nitrogen and oxygen atoms in total. The Hall–Kier alpha value is -0.790. The summed E-state index contributed by atoms with van der Waals surface area (Å²) in [5, 5.41) is 2.65. The van der Waals surface area contributed by atoms with Crippen molar-refractivity contribution in [1.29, 1.82) is 0 Å². The second-order valence-corrected chi connectivity index (χ2v) is 4.70. The van der Waals surface area contributed by atoms with Gasteiger partial charge in [-0.15, -0.1) is 60.2 Å². The first-order valence-electron chi connectivity index (χ1n) is 7.12. The summed E-state index contributed by atoms with van der Waals surface area (Å²) in [6, 6.07) is 23.4. The zero-order valence-corrected chi connectivity index (χ0v) is 20.2. The van der Waals surface area contributed by atoms with Crippen LogP contribution in [0.4, 0.5) is 0 Å². The third-order valence-electron chi connectivity index (χ3n) is 3.35. The van der Waals surface area contributed by atoms with Gasteiger partial charge < -0.3 is 14.9 Å². The Balaban J connectivity index is -0.000000420. The molecular weight excluding hydrogens is 454 g/mol. The molecule has 0 N–H and O–H groups in total. The van der Waals surface area contributed by atoms with Crippen LogP contribution < -0.4 is 0 Å². The predicted molar refractivity (Wildman–Crippen MR) is 120 cm³/mol. The minimum Gasteiger partial charge on any atom is -0.168 e. The average molecular weight is 479 g/mol. The number of hydrogen-bond acceptors (Lipinski definition) is 0. The van der Waals surface area contributed by atoms with E-state index in [-0.39, 0.29) is 39.7 Å². The van der Waals surface area contributed by atoms with Crippen LogP contribution in [0.5, 0.6) is 0 Å². The smallest absolute Gasteiger partial charge is 0.0279 e. The van der Waals surface area contributed by atoms with E-state index in [0.717, 1.165) is 6.42 Å². The average Bonchev–Trinajstić information content (AvgIpc) is 3.31. The Kier molecular flexibility index (Phi) is 20.3. The minimum atomic E-state index is 0. The predicted octanol–water partition coefficient (Wildman–Crippen LogP) is 6.89. The maximum atomic E-state index is 3.06. The van der Waals surface area contributed by atoms with Gasteiger partial charge in [0.1, 0.15) is 0 Å². The number of rotatable bonds is 1. The van der Waals surface area contributed by atoms with Crippen LogP contribution in [0, 0.1) is 20.9 Å². The van der Waals surface area contributed by atoms with Crippen molar-refractivity contribution < 1.29 is 23.3 Å². The largest absolute Gasteiger partial charge is 0.168 e. The van der Waals surface area contributed by atoms with Crippen molar-refractivity contribution in [3.8, 4) is 11.1 Å². The summed E-state index contributed by atoms with van der Waals surface area (Å²) in [4.78, 5) is 0. The molecule has 4 rings (SSSR count). The summed E-state index contributed by atoms with van der Waals surface area (Å²) in [7, 11) is 0. The molecule has 1 aliphatic rings. The molecule has 0 amide bonds. The number of halogens is 2. The van der Waals surface area contributed by atoms with E-state index in [9.17, 15) is 0 Å². The molecule has 0 unspecified atom stereocenters. The van der Waals surface area contributed by atoms with Crippen LogP contribution in [-0.4, -0.2) is 6.88 Å². The molecule has 0 heterocycles. The second kappa shape index (κ2) is 17.6. The van der Waals surface area contributed by atoms with Crippen molar-refractivity contribution in [3.05, 3.63) is 106 Å². The monoisotopic (exact) mass is 476 g/mol. The normalized spacial score (nSPS) is 9.65. The molecule has 0 fully saturated rings. The summed E-state index contributed by atoms with van der Waals surface area (Å²) in [5.41, 5.74) is 2.60. The van der Waals surface area contributed by atoms with E-state index in [1.165, 1.54) is 45.2 Å². The number of benzene rings is 2. The minimum absolute atomic E-state index is 0. The van der Waals surface area contributed by atoms with Crippen LogP contribution in [0.1, 0.15) is 6.42 Å². The summed E-state index contributed by atoms with van der Waals surface area (Å²) in [6.45, 7) is 3.06. The molecule has 0 bridgehead atoms. The molecule has 0 saturated heterocycles. The summed E-state index contributed by atoms with van der Waals surface area (Å²) in [5.74, 6) is 0. The first-order valence-corrected chi connectivity index (χ1v) is 11.3. The van der Waals surface area contributed by atoms with E-state index in [4.69, 9.17) is 0 Å². The van der Waals surface area contributed by atoms with Gasteiger partial charge in [-0.2, -0.15) is 18.2 Å². The standard InChI is InChI=1S/C15H11.C5H5.2CH3.2ClH.Si.Zr/c1-2-6-12(7-3-1)14-10-4-8-13-9-5-11-15(13)14;1-2-4-5-3-1;;;;;;/h1-11H;1-3H,4H2;2*1H3;2*1H;;/q4*-1;;;;. The van der Waals surface area contributed by atoms with Gasteiger partial charge in [0.05, 0.1) is 0 Å². The molecule has 3 aromatic rings. The summed E-state index contributed by atoms with van der Waals surface area (Å²) >= 11 is 1.36. The van der Waals surface area contributed by atoms with Crippen molar-refractivity contribution >= 4 is 42.5 Å². The third-order valence-corrected chi connectivity index (χ3v) is 3.35. The molecule has 0 atom stereocenters. The molecule has 1 aliphatic carbocycles. The molecule has 4 heteroatoms. The van der Waals surface area contributed by atoms with E-state index in [1.807, 2.05) is 12.2 Å². The molecule has 138 valence electrons. The van der Waals surface area contributed by atoms with Crippen molar-refractivity contribution in [2.24, 2.45) is 0 Å². The summed E-state index contributed by atoms with van der Waals surface area (Å²) < 4.78 is 0. The first kappa shape index (κ1) is 30.0. The number of hydrogen-bond donors (Lipinski definition) is 0. The van der Waals surface area contributed by atoms with E-state index >= 15 is 0 Å². The van der Waals surface area contributed by atoms with Crippen LogP contribution in [0.2, 0.25) is 0 Å². The fourth-order valence-electron chi connectivity index (χ4n) is 2.37. The van der Waals surface area contributed by atoms with E-state index in [1.54, 1.807) is 0 Å². The van der Waals surface area contributed by atoms with Gasteiger partial charge in [-0.25, -0.2) is 12.2 Å². The van der Waals surface area contributed by atoms with Crippen LogP contribution in [0.25, 0.3) is 21.9 Å². The molecule has 2 radical (unpaired) electrons. The molecule has 0 spiro atoms. The SMILES string of the molecule is Cl.Cl.[C-]1=CC=CC1.[CH3-].[CH3-].[Si]=[Zr].c1ccc(-c2cccc3[cH-]ccc23)cc1. The number of fused-ring (bicyclic) bond motifs is 1. The van der Waals surface area contributed by atoms with Gasteiger partial charge in [0, 0.05) is 0 Å². The van der Waals surface area contributed by atoms with E-state index < -0.39 is 0 Å². The molecule has 26 heavy (non-hydrogen) atoms. The zero-order chi connectivity index (χ0) is 15.6. The van der Waals surface area contributed by atoms with E-state index in [2.05, 4.69) is 85.8 Å². The molecule has 3 aromatic carbocycles. The molecule has 0 aliphatic heterocycles. The Morgan fingerprint density at radius 3 is 2.12 bits per heavy atom. The van der Waals surface area contributed by atoms with E-state index in [0.29, 0.717) is 0 Å². The van der Waals surface area contributed by atoms with Crippen LogP contribution >= 0.6 is 24.8 Å². The van der Waals surface area contributed by atoms with Crippen LogP contribution in [0.15, 0.2) is 85.0 Å². The van der Waals surface area contributed by atoms with Gasteiger partial charge in [-0.1, -0.05) is 42.0 Å². The van der Waals surface area contributed by atoms with Gasteiger partial charge in [-0.05, 0) is 5.56 Å². The van der Waals surface area contributed by atoms with Crippen LogP contribution in [-0.2, 0) is 23.3 Å². The van der Waals surface area contributed by atoms with Gasteiger partial charge in [0.15, 0.2) is 0 Å². The van der Waals surface area contributed by atoms with Crippen molar-refractivity contribution in [1.82, 2.24) is 0 Å². The fourth-order valence-corrected chi connectivity index (χ4v) is 2.37. The molecular formula is C22H24Cl2SiZr-4. The fraction of sp³-hybridized carbons (Fsp3) is 0.0455. The molecule has 0 aromatic heterocycles. The second-order valence-electron chi connectivity index (χ2n) is 4.70. The Morgan fingerprint density at radius 2 is 1.58 bits per heavy atom. The first-order chi connectivity index (χ1) is 10.9. The Bertz CT molecular complexity index is 754. The van der Waals surface area contributed by atoms with Crippen molar-refractivity contribution in [3.63, 3.8) is 0 Å². The van der Waals surface area contributed by atoms with Gasteiger partial charge in [-0.3, -0.25) is 6.08 Å². The Labute approximate surface area is 188 Å². The van der Waals surface area contributed by atoms with Gasteiger partial charge in [0.2, 0.25) is 0 Å².